The van der Waals surface area contributed by atoms with Crippen molar-refractivity contribution >= 4 is 17.0 Å². The van der Waals surface area contributed by atoms with Crippen molar-refractivity contribution in [3.8, 4) is 0 Å². The van der Waals surface area contributed by atoms with Crippen LogP contribution in [-0.4, -0.2) is 43.5 Å². The van der Waals surface area contributed by atoms with E-state index < -0.39 is 5.97 Å². The van der Waals surface area contributed by atoms with Crippen molar-refractivity contribution in [2.45, 2.75) is 32.5 Å². The highest BCUT2D eigenvalue weighted by atomic mass is 16.5. The van der Waals surface area contributed by atoms with Crippen LogP contribution in [0.3, 0.4) is 0 Å². The maximum Gasteiger partial charge on any atom is 0.335 e. The number of methoxy groups -OCH3 is 1. The molecular formula is C19H22N4O4. The summed E-state index contributed by atoms with van der Waals surface area (Å²) in [7, 11) is 1.64. The number of carbonyl (C=O) groups is 1. The molecule has 0 bridgehead atoms. The number of fused-ring (bicyclic) bond motifs is 1. The van der Waals surface area contributed by atoms with Gasteiger partial charge in [-0.05, 0) is 37.0 Å². The molecule has 8 nitrogen and oxygen atoms in total. The van der Waals surface area contributed by atoms with Crippen LogP contribution in [0, 0.1) is 5.92 Å². The Morgan fingerprint density at radius 3 is 2.81 bits per heavy atom. The lowest BCUT2D eigenvalue weighted by Crippen LogP contribution is -2.26. The second-order valence-electron chi connectivity index (χ2n) is 7.00. The molecule has 2 aromatic heterocycles. The maximum atomic E-state index is 13.1. The first kappa shape index (κ1) is 17.5. The van der Waals surface area contributed by atoms with E-state index in [0.29, 0.717) is 37.7 Å². The Kier molecular flexibility index (Phi) is 4.57. The predicted molar refractivity (Wildman–Crippen MR) is 99.1 cm³/mol. The Morgan fingerprint density at radius 2 is 2.11 bits per heavy atom. The molecule has 1 aliphatic rings. The van der Waals surface area contributed by atoms with Crippen LogP contribution in [0.25, 0.3) is 11.0 Å². The maximum absolute atomic E-state index is 13.1. The Morgan fingerprint density at radius 1 is 1.30 bits per heavy atom. The van der Waals surface area contributed by atoms with Crippen molar-refractivity contribution in [3.05, 3.63) is 52.5 Å². The van der Waals surface area contributed by atoms with Gasteiger partial charge < -0.3 is 14.4 Å². The summed E-state index contributed by atoms with van der Waals surface area (Å²) in [6.45, 7) is 2.20. The monoisotopic (exact) mass is 370 g/mol. The van der Waals surface area contributed by atoms with E-state index in [1.54, 1.807) is 47.0 Å². The number of rotatable bonds is 8. The van der Waals surface area contributed by atoms with Gasteiger partial charge in [0.05, 0.1) is 41.8 Å². The van der Waals surface area contributed by atoms with Crippen molar-refractivity contribution in [3.63, 3.8) is 0 Å². The van der Waals surface area contributed by atoms with Crippen LogP contribution in [0.15, 0.2) is 35.5 Å². The van der Waals surface area contributed by atoms with Gasteiger partial charge in [0.15, 0.2) is 0 Å². The molecule has 2 heterocycles. The SMILES string of the molecule is COCCn1cncc1Cn1c(=O)n(CC2CC2)c2ccc(C(=O)O)cc21. The summed E-state index contributed by atoms with van der Waals surface area (Å²) >= 11 is 0. The molecule has 1 saturated carbocycles. The minimum atomic E-state index is -1.00. The summed E-state index contributed by atoms with van der Waals surface area (Å²) in [6, 6.07) is 4.88. The normalized spacial score (nSPS) is 14.1. The molecule has 3 aromatic rings. The molecule has 8 heteroatoms. The molecule has 0 radical (unpaired) electrons. The predicted octanol–water partition coefficient (Wildman–Crippen LogP) is 1.80. The average molecular weight is 370 g/mol. The standard InChI is InChI=1S/C19H22N4O4/c1-27-7-6-21-12-20-9-15(21)11-23-17-8-14(18(24)25)4-5-16(17)22(19(23)26)10-13-2-3-13/h4-5,8-9,12-13H,2-3,6-7,10-11H2,1H3,(H,24,25). The van der Waals surface area contributed by atoms with Crippen LogP contribution in [0.2, 0.25) is 0 Å². The number of hydrogen-bond donors (Lipinski definition) is 1. The molecule has 1 aromatic carbocycles. The number of nitrogens with zero attached hydrogens (tertiary/aromatic N) is 4. The highest BCUT2D eigenvalue weighted by molar-refractivity contribution is 5.92. The van der Waals surface area contributed by atoms with Crippen molar-refractivity contribution < 1.29 is 14.6 Å². The van der Waals surface area contributed by atoms with Gasteiger partial charge in [0, 0.05) is 26.4 Å². The van der Waals surface area contributed by atoms with Crippen molar-refractivity contribution in [1.29, 1.82) is 0 Å². The van der Waals surface area contributed by atoms with Gasteiger partial charge in [-0.25, -0.2) is 14.6 Å². The zero-order chi connectivity index (χ0) is 19.0. The minimum Gasteiger partial charge on any atom is -0.478 e. The first-order valence-electron chi connectivity index (χ1n) is 9.03. The third kappa shape index (κ3) is 3.40. The van der Waals surface area contributed by atoms with E-state index in [-0.39, 0.29) is 11.3 Å². The molecule has 4 rings (SSSR count). The van der Waals surface area contributed by atoms with E-state index in [4.69, 9.17) is 4.74 Å². The van der Waals surface area contributed by atoms with Gasteiger partial charge >= 0.3 is 11.7 Å². The fourth-order valence-electron chi connectivity index (χ4n) is 3.37. The lowest BCUT2D eigenvalue weighted by atomic mass is 10.2. The molecule has 0 unspecified atom stereocenters. The average Bonchev–Trinajstić information content (AvgIpc) is 3.32. The fourth-order valence-corrected chi connectivity index (χ4v) is 3.37. The Bertz CT molecular complexity index is 1040. The summed E-state index contributed by atoms with van der Waals surface area (Å²) in [5, 5.41) is 9.34. The number of hydrogen-bond acceptors (Lipinski definition) is 4. The van der Waals surface area contributed by atoms with Crippen LogP contribution in [0.4, 0.5) is 0 Å². The van der Waals surface area contributed by atoms with Gasteiger partial charge in [-0.2, -0.15) is 0 Å². The van der Waals surface area contributed by atoms with E-state index in [0.717, 1.165) is 24.1 Å². The first-order chi connectivity index (χ1) is 13.1. The van der Waals surface area contributed by atoms with Gasteiger partial charge in [-0.15, -0.1) is 0 Å². The molecule has 0 amide bonds. The van der Waals surface area contributed by atoms with Crippen molar-refractivity contribution in [2.24, 2.45) is 5.92 Å². The number of aromatic carboxylic acids is 1. The van der Waals surface area contributed by atoms with Crippen LogP contribution in [0.5, 0.6) is 0 Å². The second kappa shape index (κ2) is 7.03. The number of carboxylic acid groups (broad SMARTS) is 1. The summed E-state index contributed by atoms with van der Waals surface area (Å²) in [5.74, 6) is -0.468. The van der Waals surface area contributed by atoms with Crippen LogP contribution in [0.1, 0.15) is 28.9 Å². The van der Waals surface area contributed by atoms with E-state index in [2.05, 4.69) is 4.98 Å². The summed E-state index contributed by atoms with van der Waals surface area (Å²) in [4.78, 5) is 28.7. The Hall–Kier alpha value is -2.87. The van der Waals surface area contributed by atoms with E-state index >= 15 is 0 Å². The molecule has 1 fully saturated rings. The van der Waals surface area contributed by atoms with E-state index in [1.807, 2.05) is 4.57 Å². The first-order valence-corrected chi connectivity index (χ1v) is 9.03. The Labute approximate surface area is 155 Å². The quantitative estimate of drug-likeness (QED) is 0.653. The zero-order valence-corrected chi connectivity index (χ0v) is 15.2. The molecule has 1 aliphatic carbocycles. The van der Waals surface area contributed by atoms with E-state index in [9.17, 15) is 14.7 Å². The number of imidazole rings is 2. The third-order valence-electron chi connectivity index (χ3n) is 5.06. The summed E-state index contributed by atoms with van der Waals surface area (Å²) < 4.78 is 10.5. The number of benzene rings is 1. The highest BCUT2D eigenvalue weighted by Gasteiger charge is 2.25. The van der Waals surface area contributed by atoms with Crippen molar-refractivity contribution in [2.75, 3.05) is 13.7 Å². The van der Waals surface area contributed by atoms with Crippen LogP contribution < -0.4 is 5.69 Å². The lowest BCUT2D eigenvalue weighted by molar-refractivity contribution is 0.0697. The number of ether oxygens (including phenoxy) is 1. The molecule has 142 valence electrons. The molecular weight excluding hydrogens is 348 g/mol. The molecule has 27 heavy (non-hydrogen) atoms. The molecule has 0 aliphatic heterocycles. The van der Waals surface area contributed by atoms with Gasteiger partial charge in [0.1, 0.15) is 0 Å². The molecule has 0 saturated heterocycles. The zero-order valence-electron chi connectivity index (χ0n) is 15.2. The highest BCUT2D eigenvalue weighted by Crippen LogP contribution is 2.31. The molecule has 0 spiro atoms. The van der Waals surface area contributed by atoms with E-state index in [1.165, 1.54) is 0 Å². The number of carboxylic acids is 1. The second-order valence-corrected chi connectivity index (χ2v) is 7.00. The van der Waals surface area contributed by atoms with Gasteiger partial charge in [-0.3, -0.25) is 9.13 Å². The fraction of sp³-hybridized carbons (Fsp3) is 0.421. The molecule has 0 atom stereocenters. The summed E-state index contributed by atoms with van der Waals surface area (Å²) in [6.07, 6.45) is 5.71. The smallest absolute Gasteiger partial charge is 0.335 e. The topological polar surface area (TPSA) is 91.3 Å². The van der Waals surface area contributed by atoms with Gasteiger partial charge in [0.25, 0.3) is 0 Å². The van der Waals surface area contributed by atoms with Crippen LogP contribution >= 0.6 is 0 Å². The summed E-state index contributed by atoms with van der Waals surface area (Å²) in [5.41, 5.74) is 2.35. The van der Waals surface area contributed by atoms with Gasteiger partial charge in [0.2, 0.25) is 0 Å². The van der Waals surface area contributed by atoms with Crippen molar-refractivity contribution in [1.82, 2.24) is 18.7 Å². The largest absolute Gasteiger partial charge is 0.478 e. The van der Waals surface area contributed by atoms with Gasteiger partial charge in [-0.1, -0.05) is 0 Å². The minimum absolute atomic E-state index is 0.112. The Balaban J connectivity index is 1.79. The molecule has 1 N–H and O–H groups in total. The lowest BCUT2D eigenvalue weighted by Gasteiger charge is -2.08. The number of aromatic nitrogens is 4. The van der Waals surface area contributed by atoms with Crippen LogP contribution in [-0.2, 0) is 24.4 Å². The third-order valence-corrected chi connectivity index (χ3v) is 5.06.